The number of ketones is 1. The van der Waals surface area contributed by atoms with E-state index in [1.54, 1.807) is 28.4 Å². The van der Waals surface area contributed by atoms with Gasteiger partial charge >= 0.3 is 35.8 Å². The summed E-state index contributed by atoms with van der Waals surface area (Å²) in [6, 6.07) is 0.939. The van der Waals surface area contributed by atoms with Gasteiger partial charge in [0.15, 0.2) is 0 Å². The first-order valence-electron chi connectivity index (χ1n) is 57.6. The fraction of sp³-hybridized carbons (Fsp3) is 0.938. The number of unbranched alkanes of at least 4 members (excludes halogenated alkanes) is 9. The third-order valence-corrected chi connectivity index (χ3v) is 38.0. The van der Waals surface area contributed by atoms with Crippen LogP contribution in [0.5, 0.6) is 0 Å². The van der Waals surface area contributed by atoms with Crippen LogP contribution in [0.1, 0.15) is 373 Å². The van der Waals surface area contributed by atoms with Gasteiger partial charge in [-0.3, -0.25) is 33.6 Å². The standard InChI is InChI=1S/C32H50O11S.2C16H36N.C15H22O6S.C13H20O5S.C12H28NO4.C9H20N/c1-18(7-10-29(36)40-13-14-44(37,38)39)24-8-9-25-30-26(17-28(32(24,25)6)43-21(4)35)31(5)12-11-23(41-19(2)33)15-22(31)16-27(30)42-20(3)34;2*1-5-9-13-17(14-10-6-2,15-11-7-3)16-12-8-4;16-13-11-5-10-6-12(13)9-15(7-10,8-11)14(17)21-3-1-2-4-22(18,19)20;14-12(18-1-2-19(15,16)17)13-6-9-3-10(7-13)5-11(4-9)8-13;1-14-9-5-13(6-10-15-2,7-11-16-3)8-12-17-4;1-10(2,3)9-7-5-4-6-8-9/h18,22-28,30H,7-17H2,1-6H3,(H,37,38,39);2*5-16H2,1-4H3;10-12H,1-9H2,(H,18,19,20);9-11H,1-8H2,(H,15,16,17);5-12H2,1-4H3;9H,4-8H2,1-3H3/q;2*+1;;;2*+1/p-3/t18-,22?,23?,24-,25+,26+,27?,28?,30+,31+,32-;;;;;;/m1....../s1. The molecule has 0 N–H and O–H groups in total. The third-order valence-electron chi connectivity index (χ3n) is 35.9. The topological polar surface area (TPSA) is 383 Å². The van der Waals surface area contributed by atoms with E-state index in [1.165, 1.54) is 241 Å². The molecule has 0 amide bonds. The predicted octanol–water partition coefficient (Wildman–Crippen LogP) is 19.1. The quantitative estimate of drug-likeness (QED) is 0.0179. The minimum absolute atomic E-state index is 0.0319. The fourth-order valence-electron chi connectivity index (χ4n) is 28.4. The molecule has 13 aliphatic carbocycles. The Morgan fingerprint density at radius 1 is 0.404 bits per heavy atom. The van der Waals surface area contributed by atoms with Crippen molar-refractivity contribution in [2.45, 2.75) is 397 Å². The van der Waals surface area contributed by atoms with Crippen molar-refractivity contribution in [1.82, 2.24) is 0 Å². The molecule has 13 rings (SSSR count). The summed E-state index contributed by atoms with van der Waals surface area (Å²) in [6.45, 7) is 47.2. The molecule has 30 nitrogen and oxygen atoms in total. The summed E-state index contributed by atoms with van der Waals surface area (Å²) in [5.74, 6) is -0.279. The lowest BCUT2D eigenvalue weighted by molar-refractivity contribution is -0.929. The van der Waals surface area contributed by atoms with Crippen molar-refractivity contribution in [3.8, 4) is 0 Å². The molecular formula is C113H209N4O26S3+. The van der Waals surface area contributed by atoms with Crippen LogP contribution in [0.15, 0.2) is 0 Å². The molecule has 33 heteroatoms. The average Bonchev–Trinajstić information content (AvgIpc) is 1.49. The Balaban J connectivity index is 0.000000316. The molecule has 0 aromatic rings. The summed E-state index contributed by atoms with van der Waals surface area (Å²) >= 11 is 0. The van der Waals surface area contributed by atoms with Crippen molar-refractivity contribution in [3.05, 3.63) is 0 Å². The zero-order valence-electron chi connectivity index (χ0n) is 95.3. The number of carbonyl (C=O) groups is 7. The smallest absolute Gasteiger partial charge is 0.312 e. The SMILES string of the molecule is CC(=O)OC1CC[C@@]2(C)C(C1)CC(OC(C)=O)[C@H]1[C@@H]3CC[C@H]([C@H](C)CCC(=O)OCCS(=O)(=O)[O-])[C@@]3(C)C(OC(C)=O)C[C@@H]12.CCCC[N+](CCCC)(CCCC)CCCC.CCCC[N+](CCCC)(CCCC)CCCC.COCC[N+](CCOC)(CCOC)CCOC.C[N+](C)(C)C1CCCCC1.O=C(OCCS(=O)(=O)[O-])C12CC3CC(CC(C3)C1)C2.O=C1C2CC3CC1CC(C(=O)OCCCCS(=O)(=O)[O-])(C3)C2. The number of hydrogen-bond acceptors (Lipinski definition) is 26. The van der Waals surface area contributed by atoms with Crippen molar-refractivity contribution in [2.24, 2.45) is 92.7 Å². The first kappa shape index (κ1) is 132. The second-order valence-electron chi connectivity index (χ2n) is 47.9. The van der Waals surface area contributed by atoms with E-state index in [9.17, 15) is 72.5 Å². The Kier molecular flexibility index (Phi) is 59.0. The highest BCUT2D eigenvalue weighted by atomic mass is 32.2. The molecule has 0 aromatic heterocycles. The Morgan fingerprint density at radius 3 is 1.15 bits per heavy atom. The van der Waals surface area contributed by atoms with E-state index in [-0.39, 0.29) is 132 Å². The maximum absolute atomic E-state index is 12.5. The summed E-state index contributed by atoms with van der Waals surface area (Å²) in [6.07, 6.45) is 45.5. The molecule has 0 saturated heterocycles. The van der Waals surface area contributed by atoms with E-state index in [0.29, 0.717) is 74.4 Å². The molecular weight excluding hydrogens is 1930 g/mol. The number of rotatable bonds is 57. The first-order chi connectivity index (χ1) is 68.9. The number of esters is 6. The zero-order chi connectivity index (χ0) is 109. The lowest BCUT2D eigenvalue weighted by Crippen LogP contribution is -2.63. The van der Waals surface area contributed by atoms with E-state index in [0.717, 1.165) is 127 Å². The summed E-state index contributed by atoms with van der Waals surface area (Å²) in [5.41, 5.74) is -1.37. The number of nitrogens with zero attached hydrogens (tertiary/aromatic N) is 4. The monoisotopic (exact) mass is 2130 g/mol. The largest absolute Gasteiger partial charge is 0.748 e. The average molecular weight is 2140 g/mol. The number of ether oxygens (including phenoxy) is 10. The Morgan fingerprint density at radius 2 is 0.781 bits per heavy atom. The molecule has 0 heterocycles. The van der Waals surface area contributed by atoms with Gasteiger partial charge in [-0.25, -0.2) is 25.3 Å². The number of quaternary nitrogens is 4. The molecule has 0 aliphatic heterocycles. The summed E-state index contributed by atoms with van der Waals surface area (Å²) < 4.78 is 155. The lowest BCUT2D eigenvalue weighted by atomic mass is 9.43. The molecule has 146 heavy (non-hydrogen) atoms. The maximum atomic E-state index is 12.5. The highest BCUT2D eigenvalue weighted by molar-refractivity contribution is 7.86. The van der Waals surface area contributed by atoms with Crippen LogP contribution in [-0.4, -0.2) is 314 Å². The van der Waals surface area contributed by atoms with E-state index < -0.39 is 71.0 Å². The van der Waals surface area contributed by atoms with Gasteiger partial charge in [-0.1, -0.05) is 134 Å². The number of methoxy groups -OCH3 is 4. The fourth-order valence-corrected chi connectivity index (χ4v) is 29.5. The number of Topliss-reactive ketones (excluding diaryl/α,β-unsaturated/α-hetero) is 1. The van der Waals surface area contributed by atoms with Crippen molar-refractivity contribution in [1.29, 1.82) is 0 Å². The van der Waals surface area contributed by atoms with Gasteiger partial charge in [-0.2, -0.15) is 0 Å². The van der Waals surface area contributed by atoms with Crippen molar-refractivity contribution >= 4 is 72.0 Å². The highest BCUT2D eigenvalue weighted by Gasteiger charge is 2.68. The van der Waals surface area contributed by atoms with Crippen LogP contribution >= 0.6 is 0 Å². The first-order valence-corrected chi connectivity index (χ1v) is 62.4. The summed E-state index contributed by atoms with van der Waals surface area (Å²) in [5, 5.41) is 0. The summed E-state index contributed by atoms with van der Waals surface area (Å²) in [4.78, 5) is 85.8. The van der Waals surface area contributed by atoms with Gasteiger partial charge in [0.25, 0.3) is 0 Å². The van der Waals surface area contributed by atoms with E-state index in [2.05, 4.69) is 97.3 Å². The molecule has 0 spiro atoms. The zero-order valence-corrected chi connectivity index (χ0v) is 97.8. The van der Waals surface area contributed by atoms with E-state index >= 15 is 0 Å². The second-order valence-corrected chi connectivity index (χ2v) is 52.5. The van der Waals surface area contributed by atoms with Gasteiger partial charge in [0, 0.05) is 84.6 Å². The molecule has 13 atom stereocenters. The van der Waals surface area contributed by atoms with Crippen molar-refractivity contribution < 1.29 is 138 Å². The van der Waals surface area contributed by atoms with Crippen LogP contribution in [0.3, 0.4) is 0 Å². The normalized spacial score (nSPS) is 28.2. The van der Waals surface area contributed by atoms with Crippen molar-refractivity contribution in [2.75, 3.05) is 192 Å². The number of hydrogen-bond donors (Lipinski definition) is 0. The van der Waals surface area contributed by atoms with Crippen LogP contribution in [0.25, 0.3) is 0 Å². The molecule has 0 radical (unpaired) electrons. The van der Waals surface area contributed by atoms with Gasteiger partial charge < -0.3 is 79.0 Å². The van der Waals surface area contributed by atoms with Gasteiger partial charge in [-0.05, 0) is 271 Å². The minimum atomic E-state index is -4.46. The second kappa shape index (κ2) is 65.0. The number of fused-ring (bicyclic) bond motifs is 5. The van der Waals surface area contributed by atoms with Crippen molar-refractivity contribution in [3.63, 3.8) is 0 Å². The van der Waals surface area contributed by atoms with E-state index in [4.69, 9.17) is 47.4 Å². The van der Waals surface area contributed by atoms with Gasteiger partial charge in [0.1, 0.15) is 63.5 Å². The molecule has 13 aliphatic rings. The minimum Gasteiger partial charge on any atom is -0.748 e. The van der Waals surface area contributed by atoms with Gasteiger partial charge in [0.2, 0.25) is 0 Å². The summed E-state index contributed by atoms with van der Waals surface area (Å²) in [7, 11) is 0.920. The molecule has 6 unspecified atom stereocenters. The van der Waals surface area contributed by atoms with Crippen LogP contribution in [-0.2, 0) is 111 Å². The van der Waals surface area contributed by atoms with Crippen LogP contribution in [0.2, 0.25) is 0 Å². The Labute approximate surface area is 886 Å². The lowest BCUT2D eigenvalue weighted by Gasteiger charge is -2.64. The number of carbonyl (C=O) groups excluding carboxylic acids is 7. The maximum Gasteiger partial charge on any atom is 0.312 e. The molecule has 8 bridgehead atoms. The molecule has 13 fully saturated rings. The molecule has 854 valence electrons. The molecule has 0 aromatic carbocycles. The molecule has 13 saturated carbocycles. The Bertz CT molecular complexity index is 3890. The van der Waals surface area contributed by atoms with Crippen LogP contribution < -0.4 is 0 Å². The van der Waals surface area contributed by atoms with Crippen LogP contribution in [0, 0.1) is 92.7 Å². The van der Waals surface area contributed by atoms with Gasteiger partial charge in [0.05, 0.1) is 165 Å². The van der Waals surface area contributed by atoms with E-state index in [1.807, 2.05) is 0 Å². The van der Waals surface area contributed by atoms with Gasteiger partial charge in [-0.15, -0.1) is 0 Å². The highest BCUT2D eigenvalue weighted by Crippen LogP contribution is 2.70. The predicted molar refractivity (Wildman–Crippen MR) is 569 cm³/mol. The Hall–Kier alpha value is -4.10. The third kappa shape index (κ3) is 43.6. The van der Waals surface area contributed by atoms with Crippen LogP contribution in [0.4, 0.5) is 0 Å².